The van der Waals surface area contributed by atoms with Crippen LogP contribution in [0.5, 0.6) is 5.75 Å². The smallest absolute Gasteiger partial charge is 0.376 e. The van der Waals surface area contributed by atoms with E-state index in [0.717, 1.165) is 32.0 Å². The zero-order valence-electron chi connectivity index (χ0n) is 18.8. The standard InChI is InChI=1S/C29H15F3O3S2/c30-29(31,32)37(33,34)35-16-11-12-20-25-10-4-9-24(28(25)36-26(20)15-16)19-13-14-23-18-6-2-1-5-17(18)21-7-3-8-22(19)27(21)23/h1-15H. The van der Waals surface area contributed by atoms with Gasteiger partial charge in [-0.1, -0.05) is 72.8 Å². The highest BCUT2D eigenvalue weighted by molar-refractivity contribution is 7.88. The van der Waals surface area contributed by atoms with Crippen molar-refractivity contribution in [3.63, 3.8) is 0 Å². The highest BCUT2D eigenvalue weighted by Crippen LogP contribution is 2.50. The number of hydrogen-bond acceptors (Lipinski definition) is 4. The summed E-state index contributed by atoms with van der Waals surface area (Å²) in [6, 6.07) is 29.1. The van der Waals surface area contributed by atoms with Crippen LogP contribution in [0, 0.1) is 0 Å². The molecule has 0 radical (unpaired) electrons. The third kappa shape index (κ3) is 3.22. The van der Waals surface area contributed by atoms with Crippen LogP contribution in [-0.2, 0) is 10.1 Å². The molecule has 0 spiro atoms. The second-order valence-corrected chi connectivity index (χ2v) is 11.4. The first-order valence-electron chi connectivity index (χ1n) is 11.3. The predicted molar refractivity (Wildman–Crippen MR) is 142 cm³/mol. The van der Waals surface area contributed by atoms with Gasteiger partial charge >= 0.3 is 15.6 Å². The van der Waals surface area contributed by atoms with E-state index >= 15 is 0 Å². The molecule has 7 rings (SSSR count). The second-order valence-electron chi connectivity index (χ2n) is 8.86. The van der Waals surface area contributed by atoms with Crippen molar-refractivity contribution < 1.29 is 25.8 Å². The second kappa shape index (κ2) is 7.57. The lowest BCUT2D eigenvalue weighted by atomic mass is 9.93. The number of rotatable bonds is 3. The van der Waals surface area contributed by atoms with Gasteiger partial charge in [-0.15, -0.1) is 11.3 Å². The van der Waals surface area contributed by atoms with Crippen LogP contribution >= 0.6 is 11.3 Å². The van der Waals surface area contributed by atoms with E-state index < -0.39 is 15.6 Å². The van der Waals surface area contributed by atoms with Gasteiger partial charge in [-0.3, -0.25) is 0 Å². The van der Waals surface area contributed by atoms with E-state index in [1.54, 1.807) is 6.07 Å². The predicted octanol–water partition coefficient (Wildman–Crippen LogP) is 8.75. The van der Waals surface area contributed by atoms with Crippen molar-refractivity contribution in [2.45, 2.75) is 5.51 Å². The summed E-state index contributed by atoms with van der Waals surface area (Å²) in [5.74, 6) is -0.374. The summed E-state index contributed by atoms with van der Waals surface area (Å²) in [5.41, 5.74) is 1.38. The molecule has 5 aromatic carbocycles. The summed E-state index contributed by atoms with van der Waals surface area (Å²) in [5, 5.41) is 4.08. The van der Waals surface area contributed by atoms with Crippen molar-refractivity contribution in [2.75, 3.05) is 0 Å². The molecule has 0 unspecified atom stereocenters. The molecule has 1 heterocycles. The van der Waals surface area contributed by atoms with E-state index in [2.05, 4.69) is 46.6 Å². The maximum Gasteiger partial charge on any atom is 0.534 e. The van der Waals surface area contributed by atoms with E-state index in [-0.39, 0.29) is 5.75 Å². The van der Waals surface area contributed by atoms with Crippen molar-refractivity contribution in [3.05, 3.63) is 91.0 Å². The van der Waals surface area contributed by atoms with Crippen molar-refractivity contribution in [1.82, 2.24) is 0 Å². The molecule has 0 saturated heterocycles. The molecule has 0 aliphatic heterocycles. The molecule has 0 amide bonds. The van der Waals surface area contributed by atoms with Gasteiger partial charge in [-0.05, 0) is 56.8 Å². The Labute approximate surface area is 213 Å². The lowest BCUT2D eigenvalue weighted by Crippen LogP contribution is -2.27. The van der Waals surface area contributed by atoms with E-state index in [9.17, 15) is 21.6 Å². The Morgan fingerprint density at radius 2 is 1.24 bits per heavy atom. The van der Waals surface area contributed by atoms with Crippen molar-refractivity contribution in [1.29, 1.82) is 0 Å². The molecule has 0 atom stereocenters. The largest absolute Gasteiger partial charge is 0.534 e. The van der Waals surface area contributed by atoms with Gasteiger partial charge in [0.2, 0.25) is 0 Å². The maximum absolute atomic E-state index is 12.8. The van der Waals surface area contributed by atoms with Crippen LogP contribution in [0.4, 0.5) is 13.2 Å². The number of fused-ring (bicyclic) bond motifs is 6. The van der Waals surface area contributed by atoms with Gasteiger partial charge in [0, 0.05) is 25.7 Å². The van der Waals surface area contributed by atoms with Crippen LogP contribution in [-0.4, -0.2) is 13.9 Å². The Morgan fingerprint density at radius 1 is 0.622 bits per heavy atom. The Balaban J connectivity index is 1.42. The Bertz CT molecular complexity index is 1990. The van der Waals surface area contributed by atoms with Crippen LogP contribution in [0.3, 0.4) is 0 Å². The van der Waals surface area contributed by atoms with Gasteiger partial charge in [-0.25, -0.2) is 0 Å². The fourth-order valence-corrected chi connectivity index (χ4v) is 6.97. The number of alkyl halides is 3. The first-order chi connectivity index (χ1) is 17.7. The molecule has 6 aromatic rings. The molecule has 1 aromatic heterocycles. The summed E-state index contributed by atoms with van der Waals surface area (Å²) in [6.07, 6.45) is 0. The van der Waals surface area contributed by atoms with Gasteiger partial charge < -0.3 is 4.18 Å². The van der Waals surface area contributed by atoms with E-state index in [4.69, 9.17) is 0 Å². The highest BCUT2D eigenvalue weighted by atomic mass is 32.2. The van der Waals surface area contributed by atoms with Crippen LogP contribution in [0.1, 0.15) is 0 Å². The topological polar surface area (TPSA) is 43.4 Å². The molecule has 8 heteroatoms. The minimum absolute atomic E-state index is 0.374. The molecule has 182 valence electrons. The molecular formula is C29H15F3O3S2. The van der Waals surface area contributed by atoms with Crippen molar-refractivity contribution in [3.8, 4) is 39.1 Å². The Hall–Kier alpha value is -3.88. The number of benzene rings is 5. The number of hydrogen-bond donors (Lipinski definition) is 0. The van der Waals surface area contributed by atoms with Crippen molar-refractivity contribution >= 4 is 52.4 Å². The average molecular weight is 533 g/mol. The molecule has 0 fully saturated rings. The molecular weight excluding hydrogens is 517 g/mol. The lowest BCUT2D eigenvalue weighted by molar-refractivity contribution is -0.0500. The van der Waals surface area contributed by atoms with Gasteiger partial charge in [0.1, 0.15) is 5.75 Å². The maximum atomic E-state index is 12.8. The fourth-order valence-electron chi connectivity index (χ4n) is 5.26. The van der Waals surface area contributed by atoms with E-state index in [0.29, 0.717) is 4.70 Å². The Morgan fingerprint density at radius 3 is 1.97 bits per heavy atom. The zero-order valence-corrected chi connectivity index (χ0v) is 20.5. The van der Waals surface area contributed by atoms with Gasteiger partial charge in [0.05, 0.1) is 0 Å². The SMILES string of the molecule is O=S(=O)(Oc1ccc2c(c1)sc1c(-c3ccc4c5c(cccc35)-c3ccccc3-4)cccc12)C(F)(F)F. The Kier molecular flexibility index (Phi) is 4.57. The van der Waals surface area contributed by atoms with Gasteiger partial charge in [0.25, 0.3) is 0 Å². The zero-order chi connectivity index (χ0) is 25.5. The first-order valence-corrected chi connectivity index (χ1v) is 13.6. The van der Waals surface area contributed by atoms with Gasteiger partial charge in [0.15, 0.2) is 0 Å². The van der Waals surface area contributed by atoms with Crippen LogP contribution in [0.25, 0.3) is 64.3 Å². The van der Waals surface area contributed by atoms with Crippen LogP contribution in [0.15, 0.2) is 91.0 Å². The minimum Gasteiger partial charge on any atom is -0.376 e. The summed E-state index contributed by atoms with van der Waals surface area (Å²) in [4.78, 5) is 0. The number of halogens is 3. The minimum atomic E-state index is -5.75. The highest BCUT2D eigenvalue weighted by Gasteiger charge is 2.48. The molecule has 1 aliphatic rings. The summed E-state index contributed by atoms with van der Waals surface area (Å²) in [7, 11) is -5.75. The number of thiophene rings is 1. The van der Waals surface area contributed by atoms with Gasteiger partial charge in [-0.2, -0.15) is 21.6 Å². The fraction of sp³-hybridized carbons (Fsp3) is 0.0345. The molecule has 0 N–H and O–H groups in total. The summed E-state index contributed by atoms with van der Waals surface area (Å²) in [6.45, 7) is 0. The van der Waals surface area contributed by atoms with Crippen LogP contribution < -0.4 is 4.18 Å². The van der Waals surface area contributed by atoms with E-state index in [1.807, 2.05) is 30.3 Å². The molecule has 1 aliphatic carbocycles. The molecule has 0 saturated carbocycles. The monoisotopic (exact) mass is 532 g/mol. The normalized spacial score (nSPS) is 12.9. The lowest BCUT2D eigenvalue weighted by Gasteiger charge is -2.10. The molecule has 3 nitrogen and oxygen atoms in total. The average Bonchev–Trinajstić information content (AvgIpc) is 3.40. The summed E-state index contributed by atoms with van der Waals surface area (Å²) < 4.78 is 67.4. The van der Waals surface area contributed by atoms with Crippen LogP contribution in [0.2, 0.25) is 0 Å². The van der Waals surface area contributed by atoms with E-state index in [1.165, 1.54) is 51.1 Å². The third-order valence-electron chi connectivity index (χ3n) is 6.80. The molecule has 0 bridgehead atoms. The molecule has 37 heavy (non-hydrogen) atoms. The van der Waals surface area contributed by atoms with Crippen molar-refractivity contribution in [2.24, 2.45) is 0 Å². The third-order valence-corrected chi connectivity index (χ3v) is 8.98. The summed E-state index contributed by atoms with van der Waals surface area (Å²) >= 11 is 1.39. The first kappa shape index (κ1) is 22.3. The quantitative estimate of drug-likeness (QED) is 0.169.